The van der Waals surface area contributed by atoms with Gasteiger partial charge in [0.25, 0.3) is 5.91 Å². The zero-order valence-electron chi connectivity index (χ0n) is 19.1. The van der Waals surface area contributed by atoms with Crippen LogP contribution < -0.4 is 10.2 Å². The van der Waals surface area contributed by atoms with E-state index in [9.17, 15) is 9.18 Å². The normalized spacial score (nSPS) is 14.9. The number of fused-ring (bicyclic) bond motifs is 1. The molecule has 2 heterocycles. The van der Waals surface area contributed by atoms with Crippen molar-refractivity contribution in [1.29, 1.82) is 0 Å². The minimum Gasteiger partial charge on any atom is -0.366 e. The van der Waals surface area contributed by atoms with Crippen molar-refractivity contribution < 1.29 is 9.18 Å². The van der Waals surface area contributed by atoms with Gasteiger partial charge in [0, 0.05) is 36.1 Å². The lowest BCUT2D eigenvalue weighted by atomic mass is 9.98. The van der Waals surface area contributed by atoms with Crippen LogP contribution in [0, 0.1) is 5.82 Å². The van der Waals surface area contributed by atoms with Gasteiger partial charge in [-0.2, -0.15) is 5.10 Å². The van der Waals surface area contributed by atoms with Gasteiger partial charge in [-0.25, -0.2) is 9.37 Å². The number of carbonyl (C=O) groups is 1. The highest BCUT2D eigenvalue weighted by Gasteiger charge is 2.33. The fraction of sp³-hybridized carbons (Fsp3) is 0.222. The summed E-state index contributed by atoms with van der Waals surface area (Å²) < 4.78 is 15.4. The lowest BCUT2D eigenvalue weighted by molar-refractivity contribution is 0.102. The fourth-order valence-corrected chi connectivity index (χ4v) is 4.32. The van der Waals surface area contributed by atoms with Crippen LogP contribution in [0.1, 0.15) is 53.1 Å². The Labute approximate surface area is 198 Å². The Morgan fingerprint density at radius 3 is 2.65 bits per heavy atom. The third kappa shape index (κ3) is 4.41. The summed E-state index contributed by atoms with van der Waals surface area (Å²) in [4.78, 5) is 19.9. The van der Waals surface area contributed by atoms with Crippen molar-refractivity contribution in [3.8, 4) is 0 Å². The molecule has 0 bridgehead atoms. The largest absolute Gasteiger partial charge is 0.366 e. The monoisotopic (exact) mass is 455 g/mol. The summed E-state index contributed by atoms with van der Waals surface area (Å²) in [6.07, 6.45) is 1.76. The Balaban J connectivity index is 1.48. The van der Waals surface area contributed by atoms with Crippen LogP contribution >= 0.6 is 0 Å². The highest BCUT2D eigenvalue weighted by molar-refractivity contribution is 6.04. The Morgan fingerprint density at radius 2 is 1.91 bits per heavy atom. The number of halogens is 1. The summed E-state index contributed by atoms with van der Waals surface area (Å²) in [6, 6.07) is 22.1. The molecule has 34 heavy (non-hydrogen) atoms. The quantitative estimate of drug-likeness (QED) is 0.423. The maximum atomic E-state index is 13.5. The van der Waals surface area contributed by atoms with E-state index in [1.807, 2.05) is 41.1 Å². The molecule has 1 aliphatic heterocycles. The summed E-state index contributed by atoms with van der Waals surface area (Å²) in [5.41, 5.74) is 4.23. The molecule has 0 saturated carbocycles. The number of nitrogens with one attached hydrogen (secondary N) is 1. The van der Waals surface area contributed by atoms with Gasteiger partial charge in [-0.3, -0.25) is 9.48 Å². The Morgan fingerprint density at radius 1 is 1.09 bits per heavy atom. The first kappa shape index (κ1) is 21.8. The maximum Gasteiger partial charge on any atom is 0.255 e. The number of hydrogen-bond acceptors (Lipinski definition) is 4. The average molecular weight is 456 g/mol. The van der Waals surface area contributed by atoms with Gasteiger partial charge in [-0.05, 0) is 61.4 Å². The zero-order valence-corrected chi connectivity index (χ0v) is 19.1. The van der Waals surface area contributed by atoms with Crippen LogP contribution in [0.5, 0.6) is 0 Å². The van der Waals surface area contributed by atoms with Crippen molar-refractivity contribution in [3.05, 3.63) is 107 Å². The Bertz CT molecular complexity index is 1320. The molecule has 1 atom stereocenters. The third-order valence-corrected chi connectivity index (χ3v) is 6.07. The molecule has 0 spiro atoms. The van der Waals surface area contributed by atoms with Crippen LogP contribution in [0.15, 0.2) is 79.1 Å². The van der Waals surface area contributed by atoms with Gasteiger partial charge in [0.15, 0.2) is 5.82 Å². The van der Waals surface area contributed by atoms with E-state index in [2.05, 4.69) is 41.2 Å². The van der Waals surface area contributed by atoms with Crippen LogP contribution in [0.2, 0.25) is 0 Å². The molecular weight excluding hydrogens is 429 g/mol. The summed E-state index contributed by atoms with van der Waals surface area (Å²) >= 11 is 0. The second-order valence-electron chi connectivity index (χ2n) is 8.83. The Kier molecular flexibility index (Phi) is 5.84. The molecule has 7 heteroatoms. The minimum atomic E-state index is -0.393. The number of rotatable bonds is 6. The van der Waals surface area contributed by atoms with E-state index in [-0.39, 0.29) is 17.9 Å². The van der Waals surface area contributed by atoms with Crippen molar-refractivity contribution in [2.75, 3.05) is 16.8 Å². The number of aromatic nitrogens is 3. The van der Waals surface area contributed by atoms with E-state index >= 15 is 0 Å². The topological polar surface area (TPSA) is 63.1 Å². The zero-order chi connectivity index (χ0) is 23.7. The van der Waals surface area contributed by atoms with Crippen LogP contribution in [-0.2, 0) is 6.54 Å². The molecule has 0 fully saturated rings. The second kappa shape index (κ2) is 9.09. The molecule has 1 aliphatic rings. The van der Waals surface area contributed by atoms with Gasteiger partial charge in [0.2, 0.25) is 0 Å². The molecule has 1 amide bonds. The smallest absolute Gasteiger partial charge is 0.255 e. The molecule has 5 rings (SSSR count). The molecule has 0 radical (unpaired) electrons. The first-order valence-corrected chi connectivity index (χ1v) is 11.4. The van der Waals surface area contributed by atoms with Crippen molar-refractivity contribution in [1.82, 2.24) is 14.8 Å². The van der Waals surface area contributed by atoms with Crippen molar-refractivity contribution in [2.45, 2.75) is 32.4 Å². The van der Waals surface area contributed by atoms with Gasteiger partial charge in [0.05, 0.1) is 5.92 Å². The number of carbonyl (C=O) groups excluding carboxylic acids is 1. The minimum absolute atomic E-state index is 0.0550. The Hall–Kier alpha value is -4.00. The standard InChI is InChI=1S/C27H26FN5O/c1-18(2)33-17-29-26(31-33)24-16-32(15-19-7-4-3-5-8-19)25-12-11-20(13-23(24)25)27(34)30-22-10-6-9-21(28)14-22/h3-14,17-18,24H,15-16H2,1-2H3,(H,30,34)/t24-/m0/s1. The molecule has 1 N–H and O–H groups in total. The molecule has 172 valence electrons. The molecule has 4 aromatic rings. The predicted molar refractivity (Wildman–Crippen MR) is 131 cm³/mol. The van der Waals surface area contributed by atoms with Crippen LogP contribution in [-0.4, -0.2) is 27.2 Å². The van der Waals surface area contributed by atoms with Crippen molar-refractivity contribution in [3.63, 3.8) is 0 Å². The predicted octanol–water partition coefficient (Wildman–Crippen LogP) is 5.40. The van der Waals surface area contributed by atoms with E-state index in [4.69, 9.17) is 5.10 Å². The van der Waals surface area contributed by atoms with Crippen LogP contribution in [0.4, 0.5) is 15.8 Å². The van der Waals surface area contributed by atoms with E-state index < -0.39 is 5.82 Å². The summed E-state index contributed by atoms with van der Waals surface area (Å²) in [5, 5.41) is 7.51. The summed E-state index contributed by atoms with van der Waals surface area (Å²) in [6.45, 7) is 5.61. The van der Waals surface area contributed by atoms with E-state index in [1.165, 1.54) is 17.7 Å². The maximum absolute atomic E-state index is 13.5. The molecule has 6 nitrogen and oxygen atoms in total. The molecular formula is C27H26FN5O. The SMILES string of the molecule is CC(C)n1cnc([C@H]2CN(Cc3ccccc3)c3ccc(C(=O)Nc4cccc(F)c4)cc32)n1. The average Bonchev–Trinajstić information content (AvgIpc) is 3.45. The van der Waals surface area contributed by atoms with Gasteiger partial charge < -0.3 is 10.2 Å². The number of anilines is 2. The van der Waals surface area contributed by atoms with Gasteiger partial charge in [-0.15, -0.1) is 0 Å². The number of amides is 1. The number of hydrogen-bond donors (Lipinski definition) is 1. The van der Waals surface area contributed by atoms with Crippen molar-refractivity contribution >= 4 is 17.3 Å². The second-order valence-corrected chi connectivity index (χ2v) is 8.83. The van der Waals surface area contributed by atoms with Gasteiger partial charge >= 0.3 is 0 Å². The number of nitrogens with zero attached hydrogens (tertiary/aromatic N) is 4. The molecule has 0 aliphatic carbocycles. The first-order valence-electron chi connectivity index (χ1n) is 11.4. The third-order valence-electron chi connectivity index (χ3n) is 6.07. The first-order chi connectivity index (χ1) is 16.5. The van der Waals surface area contributed by atoms with Crippen molar-refractivity contribution in [2.24, 2.45) is 0 Å². The molecule has 1 aromatic heterocycles. The number of benzene rings is 3. The highest BCUT2D eigenvalue weighted by atomic mass is 19.1. The van der Waals surface area contributed by atoms with Crippen LogP contribution in [0.25, 0.3) is 0 Å². The fourth-order valence-electron chi connectivity index (χ4n) is 4.32. The molecule has 0 unspecified atom stereocenters. The summed E-state index contributed by atoms with van der Waals surface area (Å²) in [7, 11) is 0. The lowest BCUT2D eigenvalue weighted by Gasteiger charge is -2.20. The van der Waals surface area contributed by atoms with Gasteiger partial charge in [-0.1, -0.05) is 36.4 Å². The summed E-state index contributed by atoms with van der Waals surface area (Å²) in [5.74, 6) is 0.0124. The molecule has 0 saturated heterocycles. The van der Waals surface area contributed by atoms with E-state index in [0.717, 1.165) is 30.2 Å². The lowest BCUT2D eigenvalue weighted by Crippen LogP contribution is -2.22. The van der Waals surface area contributed by atoms with E-state index in [1.54, 1.807) is 18.5 Å². The highest BCUT2D eigenvalue weighted by Crippen LogP contribution is 2.40. The van der Waals surface area contributed by atoms with E-state index in [0.29, 0.717) is 11.3 Å². The molecule has 3 aromatic carbocycles. The van der Waals surface area contributed by atoms with Gasteiger partial charge in [0.1, 0.15) is 12.1 Å². The van der Waals surface area contributed by atoms with Crippen LogP contribution in [0.3, 0.4) is 0 Å².